The van der Waals surface area contributed by atoms with E-state index in [-0.39, 0.29) is 68.7 Å². The first kappa shape index (κ1) is 113. The fraction of sp³-hybridized carbons (Fsp3) is 0. The quantitative estimate of drug-likeness (QED) is 0.190. The molecule has 0 rings (SSSR count). The minimum absolute atomic E-state index is 0. The molecule has 27 nitrogen and oxygen atoms in total. The number of hydrogen-bond acceptors (Lipinski definition) is 21. The van der Waals surface area contributed by atoms with E-state index in [0.717, 1.165) is 0 Å². The Morgan fingerprint density at radius 3 is 0.206 bits per heavy atom. The van der Waals surface area contributed by atoms with E-state index in [0.29, 0.717) is 0 Å². The third-order valence-electron chi connectivity index (χ3n) is 0. The summed E-state index contributed by atoms with van der Waals surface area (Å²) in [5.74, 6) is 0. The van der Waals surface area contributed by atoms with Gasteiger partial charge in [0.05, 0.1) is 0 Å². The van der Waals surface area contributed by atoms with E-state index in [1.165, 1.54) is 0 Å². The zero-order valence-electron chi connectivity index (χ0n) is 15.5. The first-order chi connectivity index (χ1) is 10.4. The van der Waals surface area contributed by atoms with Crippen LogP contribution >= 0.6 is 0 Å². The topological polar surface area (TPSA) is 601 Å². The molecule has 0 aliphatic heterocycles. The van der Waals surface area contributed by atoms with Crippen molar-refractivity contribution in [3.8, 4) is 0 Å². The first-order valence-electron chi connectivity index (χ1n) is 3.00. The van der Waals surface area contributed by atoms with E-state index < -0.39 is 103 Å². The minimum atomic E-state index is -4.11. The zero-order valence-corrected chi connectivity index (χ0v) is 28.7. The SMILES string of the molecule is N.N.N.O.O.O.O.O.O.[Al].[O]=[Mo](=[O])=[O].[O]=[Mo](=[O])=[O].[O]=[Mo](=[O])=[O].[O]=[Mo](=[O])=[O].[O]=[Mo](=[O])=[O].[O]=[Mo](=[O])=[O]. The van der Waals surface area contributed by atoms with Crippen molar-refractivity contribution in [2.45, 2.75) is 0 Å². The maximum atomic E-state index is 8.59. The van der Waals surface area contributed by atoms with Gasteiger partial charge < -0.3 is 51.3 Å². The van der Waals surface area contributed by atoms with E-state index in [1.807, 2.05) is 0 Å². The van der Waals surface area contributed by atoms with Crippen LogP contribution in [-0.2, 0) is 164 Å². The fourth-order valence-corrected chi connectivity index (χ4v) is 0. The van der Waals surface area contributed by atoms with E-state index in [1.54, 1.807) is 0 Å². The van der Waals surface area contributed by atoms with Crippen LogP contribution in [0.5, 0.6) is 0 Å². The Labute approximate surface area is 230 Å². The van der Waals surface area contributed by atoms with Crippen molar-refractivity contribution in [3.05, 3.63) is 0 Å². The van der Waals surface area contributed by atoms with Crippen molar-refractivity contribution in [3.63, 3.8) is 0 Å². The van der Waals surface area contributed by atoms with Gasteiger partial charge in [-0.15, -0.1) is 0 Å². The normalized spacial score (nSPS) is 4.24. The van der Waals surface area contributed by atoms with Crippen molar-refractivity contribution in [1.29, 1.82) is 0 Å². The molecule has 34 heteroatoms. The van der Waals surface area contributed by atoms with E-state index in [2.05, 4.69) is 0 Å². The summed E-state index contributed by atoms with van der Waals surface area (Å²) < 4.78 is 155. The van der Waals surface area contributed by atoms with Gasteiger partial charge in [-0.1, -0.05) is 0 Å². The van der Waals surface area contributed by atoms with Crippen molar-refractivity contribution in [2.75, 3.05) is 0 Å². The molecule has 0 aromatic heterocycles. The molecule has 34 heavy (non-hydrogen) atoms. The van der Waals surface area contributed by atoms with Crippen LogP contribution in [0, 0.1) is 0 Å². The van der Waals surface area contributed by atoms with Crippen molar-refractivity contribution in [1.82, 2.24) is 18.5 Å². The Morgan fingerprint density at radius 2 is 0.206 bits per heavy atom. The summed E-state index contributed by atoms with van der Waals surface area (Å²) in [6.07, 6.45) is 0. The molecule has 0 bridgehead atoms. The molecule has 0 spiro atoms. The summed E-state index contributed by atoms with van der Waals surface area (Å²) in [5.41, 5.74) is 0. The Balaban J connectivity index is -0.00000000771. The average Bonchev–Trinajstić information content (AvgIpc) is 2.08. The molecule has 0 aromatic carbocycles. The Morgan fingerprint density at radius 1 is 0.206 bits per heavy atom. The van der Waals surface area contributed by atoms with Crippen LogP contribution in [0.4, 0.5) is 0 Å². The van der Waals surface area contributed by atoms with Crippen LogP contribution in [0.1, 0.15) is 0 Å². The maximum absolute atomic E-state index is 8.59. The van der Waals surface area contributed by atoms with Crippen molar-refractivity contribution >= 4 is 17.4 Å². The van der Waals surface area contributed by atoms with Crippen molar-refractivity contribution < 1.29 is 197 Å². The second-order valence-corrected chi connectivity index (χ2v) is 7.25. The number of hydrogen-bond donors (Lipinski definition) is 3. The predicted octanol–water partition coefficient (Wildman–Crippen LogP) is -7.00. The van der Waals surface area contributed by atoms with Crippen LogP contribution in [0.25, 0.3) is 0 Å². The molecule has 0 saturated heterocycles. The van der Waals surface area contributed by atoms with Crippen LogP contribution < -0.4 is 18.5 Å². The summed E-state index contributed by atoms with van der Waals surface area (Å²) in [6, 6.07) is 0. The molecule has 21 N–H and O–H groups in total. The third-order valence-corrected chi connectivity index (χ3v) is 0. The van der Waals surface area contributed by atoms with Gasteiger partial charge in [0, 0.05) is 17.4 Å². The Bertz CT molecular complexity index is 692. The van der Waals surface area contributed by atoms with Gasteiger partial charge in [-0.05, 0) is 0 Å². The molecule has 0 aromatic rings. The molecule has 0 aliphatic rings. The van der Waals surface area contributed by atoms with E-state index >= 15 is 0 Å². The average molecular weight is 1050 g/mol. The molecular formula is H21AlMo6N3O24. The van der Waals surface area contributed by atoms with Gasteiger partial charge >= 0.3 is 164 Å². The second kappa shape index (κ2) is 103. The summed E-state index contributed by atoms with van der Waals surface area (Å²) in [5, 5.41) is 0. The molecule has 0 amide bonds. The van der Waals surface area contributed by atoms with Gasteiger partial charge in [-0.3, -0.25) is 0 Å². The molecule has 0 atom stereocenters. The van der Waals surface area contributed by atoms with E-state index in [4.69, 9.17) is 61.2 Å². The molecule has 0 fully saturated rings. The molecular weight excluding hydrogens is 1030 g/mol. The molecule has 0 saturated carbocycles. The van der Waals surface area contributed by atoms with Gasteiger partial charge in [-0.25, -0.2) is 0 Å². The molecule has 0 heterocycles. The molecule has 0 unspecified atom stereocenters. The van der Waals surface area contributed by atoms with Crippen molar-refractivity contribution in [2.24, 2.45) is 0 Å². The third kappa shape index (κ3) is 66600. The second-order valence-electron chi connectivity index (χ2n) is 1.22. The van der Waals surface area contributed by atoms with Gasteiger partial charge in [0.1, 0.15) is 0 Å². The predicted molar refractivity (Wildman–Crippen MR) is 54.9 cm³/mol. The van der Waals surface area contributed by atoms with Crippen LogP contribution in [0.3, 0.4) is 0 Å². The van der Waals surface area contributed by atoms with Gasteiger partial charge in [0.25, 0.3) is 0 Å². The summed E-state index contributed by atoms with van der Waals surface area (Å²) in [4.78, 5) is 0. The Kier molecular flexibility index (Phi) is 342. The first-order valence-corrected chi connectivity index (χ1v) is 17.7. The summed E-state index contributed by atoms with van der Waals surface area (Å²) in [6.45, 7) is 0. The van der Waals surface area contributed by atoms with Crippen LogP contribution in [0.2, 0.25) is 0 Å². The molecule has 0 aliphatic carbocycles. The summed E-state index contributed by atoms with van der Waals surface area (Å²) in [7, 11) is 0. The standard InChI is InChI=1S/Al.6Mo.3H3N.6H2O.18O/h;;;;;;;3*1H3;6*1H2;;;;;;;;;;;;;;;;;;. The molecule has 219 valence electrons. The molecule has 3 radical (unpaired) electrons. The van der Waals surface area contributed by atoms with Crippen LogP contribution in [0.15, 0.2) is 0 Å². The van der Waals surface area contributed by atoms with Gasteiger partial charge in [-0.2, -0.15) is 0 Å². The van der Waals surface area contributed by atoms with Gasteiger partial charge in [0.2, 0.25) is 0 Å². The monoisotopic (exact) mass is 1060 g/mol. The van der Waals surface area contributed by atoms with Gasteiger partial charge in [0.15, 0.2) is 0 Å². The zero-order chi connectivity index (χ0) is 21.5. The Hall–Kier alpha value is 0.702. The fourth-order valence-electron chi connectivity index (χ4n) is 0. The van der Waals surface area contributed by atoms with Crippen LogP contribution in [-0.4, -0.2) is 50.2 Å². The van der Waals surface area contributed by atoms with E-state index in [9.17, 15) is 0 Å². The number of rotatable bonds is 0. The summed E-state index contributed by atoms with van der Waals surface area (Å²) >= 11 is -24.6.